The van der Waals surface area contributed by atoms with Crippen molar-refractivity contribution in [2.75, 3.05) is 0 Å². The third kappa shape index (κ3) is 4.48. The van der Waals surface area contributed by atoms with Gasteiger partial charge in [-0.25, -0.2) is 9.59 Å². The van der Waals surface area contributed by atoms with Crippen molar-refractivity contribution < 1.29 is 19.4 Å². The molecular formula is C17H22N2O4. The van der Waals surface area contributed by atoms with Gasteiger partial charge in [0.15, 0.2) is 0 Å². The summed E-state index contributed by atoms with van der Waals surface area (Å²) in [6.45, 7) is 7.17. The quantitative estimate of drug-likeness (QED) is 0.808. The first-order valence-electron chi connectivity index (χ1n) is 7.44. The van der Waals surface area contributed by atoms with Crippen LogP contribution in [-0.2, 0) is 16.0 Å². The number of hydrogen-bond donors (Lipinski definition) is 3. The summed E-state index contributed by atoms with van der Waals surface area (Å²) in [5.74, 6) is -1.10. The third-order valence-corrected chi connectivity index (χ3v) is 3.34. The van der Waals surface area contributed by atoms with E-state index in [2.05, 4.69) is 10.3 Å². The minimum absolute atomic E-state index is 0.178. The summed E-state index contributed by atoms with van der Waals surface area (Å²) in [5.41, 5.74) is 2.23. The number of carboxylic acids is 1. The van der Waals surface area contributed by atoms with Gasteiger partial charge < -0.3 is 20.1 Å². The zero-order chi connectivity index (χ0) is 17.2. The minimum Gasteiger partial charge on any atom is -0.480 e. The Morgan fingerprint density at radius 1 is 1.35 bits per heavy atom. The van der Waals surface area contributed by atoms with Gasteiger partial charge >= 0.3 is 12.1 Å². The van der Waals surface area contributed by atoms with E-state index in [-0.39, 0.29) is 6.42 Å². The number of aliphatic carboxylic acids is 1. The van der Waals surface area contributed by atoms with Crippen LogP contribution in [0.5, 0.6) is 0 Å². The maximum atomic E-state index is 11.8. The SMILES string of the molecule is Cc1ccc2c(CC(NC(=O)OC(C)(C)C)C(=O)O)c[nH]c2c1. The lowest BCUT2D eigenvalue weighted by Gasteiger charge is -2.22. The van der Waals surface area contributed by atoms with Gasteiger partial charge in [0, 0.05) is 23.5 Å². The monoisotopic (exact) mass is 318 g/mol. The fraction of sp³-hybridized carbons (Fsp3) is 0.412. The molecule has 1 aromatic carbocycles. The molecule has 6 nitrogen and oxygen atoms in total. The second-order valence-electron chi connectivity index (χ2n) is 6.60. The van der Waals surface area contributed by atoms with Crippen LogP contribution in [-0.4, -0.2) is 33.8 Å². The molecule has 0 aliphatic heterocycles. The number of alkyl carbamates (subject to hydrolysis) is 1. The van der Waals surface area contributed by atoms with E-state index in [1.54, 1.807) is 27.0 Å². The van der Waals surface area contributed by atoms with E-state index in [0.717, 1.165) is 22.0 Å². The molecule has 1 aromatic heterocycles. The van der Waals surface area contributed by atoms with Gasteiger partial charge in [-0.1, -0.05) is 12.1 Å². The van der Waals surface area contributed by atoms with Crippen LogP contribution in [0.3, 0.4) is 0 Å². The molecule has 0 saturated carbocycles. The van der Waals surface area contributed by atoms with Crippen LogP contribution in [0.25, 0.3) is 10.9 Å². The molecule has 0 aliphatic rings. The van der Waals surface area contributed by atoms with E-state index in [0.29, 0.717) is 0 Å². The second-order valence-corrected chi connectivity index (χ2v) is 6.60. The first kappa shape index (κ1) is 16.9. The third-order valence-electron chi connectivity index (χ3n) is 3.34. The summed E-state index contributed by atoms with van der Waals surface area (Å²) in [4.78, 5) is 26.4. The number of amides is 1. The molecule has 0 saturated heterocycles. The molecule has 1 amide bonds. The molecule has 0 spiro atoms. The minimum atomic E-state index is -1.10. The lowest BCUT2D eigenvalue weighted by Crippen LogP contribution is -2.44. The van der Waals surface area contributed by atoms with E-state index in [1.165, 1.54) is 0 Å². The van der Waals surface area contributed by atoms with Crippen molar-refractivity contribution in [1.82, 2.24) is 10.3 Å². The van der Waals surface area contributed by atoms with E-state index in [4.69, 9.17) is 4.74 Å². The van der Waals surface area contributed by atoms with E-state index >= 15 is 0 Å². The molecule has 0 aliphatic carbocycles. The Hall–Kier alpha value is -2.50. The van der Waals surface area contributed by atoms with Gasteiger partial charge in [-0.2, -0.15) is 0 Å². The highest BCUT2D eigenvalue weighted by Crippen LogP contribution is 2.21. The average Bonchev–Trinajstić information content (AvgIpc) is 2.78. The molecule has 0 bridgehead atoms. The average molecular weight is 318 g/mol. The predicted octanol–water partition coefficient (Wildman–Crippen LogP) is 3.00. The van der Waals surface area contributed by atoms with Crippen LogP contribution in [0.15, 0.2) is 24.4 Å². The van der Waals surface area contributed by atoms with Crippen LogP contribution in [0, 0.1) is 6.92 Å². The van der Waals surface area contributed by atoms with Gasteiger partial charge in [0.1, 0.15) is 11.6 Å². The number of aromatic nitrogens is 1. The lowest BCUT2D eigenvalue weighted by atomic mass is 10.0. The first-order valence-corrected chi connectivity index (χ1v) is 7.44. The Morgan fingerprint density at radius 3 is 2.65 bits per heavy atom. The van der Waals surface area contributed by atoms with Crippen molar-refractivity contribution in [2.45, 2.75) is 45.8 Å². The number of carbonyl (C=O) groups is 2. The molecule has 124 valence electrons. The number of fused-ring (bicyclic) bond motifs is 1. The zero-order valence-corrected chi connectivity index (χ0v) is 13.8. The van der Waals surface area contributed by atoms with Gasteiger partial charge in [0.25, 0.3) is 0 Å². The Morgan fingerprint density at radius 2 is 2.04 bits per heavy atom. The van der Waals surface area contributed by atoms with Crippen molar-refractivity contribution in [2.24, 2.45) is 0 Å². The van der Waals surface area contributed by atoms with Crippen molar-refractivity contribution in [3.05, 3.63) is 35.5 Å². The van der Waals surface area contributed by atoms with Crippen LogP contribution >= 0.6 is 0 Å². The number of ether oxygens (including phenoxy) is 1. The summed E-state index contributed by atoms with van der Waals surface area (Å²) in [7, 11) is 0. The van der Waals surface area contributed by atoms with Crippen LogP contribution in [0.2, 0.25) is 0 Å². The number of aromatic amines is 1. The number of carboxylic acid groups (broad SMARTS) is 1. The standard InChI is InChI=1S/C17H22N2O4/c1-10-5-6-12-11(9-18-13(12)7-10)8-14(15(20)21)19-16(22)23-17(2,3)4/h5-7,9,14,18H,8H2,1-4H3,(H,19,22)(H,20,21). The van der Waals surface area contributed by atoms with E-state index < -0.39 is 23.7 Å². The smallest absolute Gasteiger partial charge is 0.408 e. The Balaban J connectivity index is 2.15. The lowest BCUT2D eigenvalue weighted by molar-refractivity contribution is -0.139. The number of carbonyl (C=O) groups excluding carboxylic acids is 1. The summed E-state index contributed by atoms with van der Waals surface area (Å²) >= 11 is 0. The first-order chi connectivity index (χ1) is 10.7. The summed E-state index contributed by atoms with van der Waals surface area (Å²) in [5, 5.41) is 12.7. The summed E-state index contributed by atoms with van der Waals surface area (Å²) in [6, 6.07) is 4.86. The van der Waals surface area contributed by atoms with Crippen LogP contribution in [0.1, 0.15) is 31.9 Å². The molecule has 2 rings (SSSR count). The molecule has 23 heavy (non-hydrogen) atoms. The Bertz CT molecular complexity index is 728. The van der Waals surface area contributed by atoms with Crippen molar-refractivity contribution in [3.8, 4) is 0 Å². The summed E-state index contributed by atoms with van der Waals surface area (Å²) < 4.78 is 5.12. The fourth-order valence-corrected chi connectivity index (χ4v) is 2.34. The highest BCUT2D eigenvalue weighted by atomic mass is 16.6. The van der Waals surface area contributed by atoms with E-state index in [1.807, 2.05) is 25.1 Å². The van der Waals surface area contributed by atoms with Gasteiger partial charge in [0.05, 0.1) is 0 Å². The molecule has 1 heterocycles. The number of benzene rings is 1. The maximum Gasteiger partial charge on any atom is 0.408 e. The number of nitrogens with one attached hydrogen (secondary N) is 2. The number of rotatable bonds is 4. The highest BCUT2D eigenvalue weighted by molar-refractivity contribution is 5.86. The fourth-order valence-electron chi connectivity index (χ4n) is 2.34. The van der Waals surface area contributed by atoms with Crippen molar-refractivity contribution in [1.29, 1.82) is 0 Å². The van der Waals surface area contributed by atoms with Crippen molar-refractivity contribution in [3.63, 3.8) is 0 Å². The zero-order valence-electron chi connectivity index (χ0n) is 13.8. The van der Waals surface area contributed by atoms with Gasteiger partial charge in [-0.3, -0.25) is 0 Å². The molecule has 1 unspecified atom stereocenters. The molecular weight excluding hydrogens is 296 g/mol. The Kier molecular flexibility index (Phi) is 4.63. The molecule has 1 atom stereocenters. The normalized spacial score (nSPS) is 12.9. The van der Waals surface area contributed by atoms with Crippen molar-refractivity contribution >= 4 is 23.0 Å². The molecule has 6 heteroatoms. The largest absolute Gasteiger partial charge is 0.480 e. The molecule has 0 radical (unpaired) electrons. The van der Waals surface area contributed by atoms with Gasteiger partial charge in [0.2, 0.25) is 0 Å². The number of aryl methyl sites for hydroxylation is 1. The Labute approximate surface area is 134 Å². The van der Waals surface area contributed by atoms with Gasteiger partial charge in [-0.15, -0.1) is 0 Å². The number of H-pyrrole nitrogens is 1. The number of hydrogen-bond acceptors (Lipinski definition) is 3. The second kappa shape index (κ2) is 6.32. The maximum absolute atomic E-state index is 11.8. The van der Waals surface area contributed by atoms with Crippen LogP contribution in [0.4, 0.5) is 4.79 Å². The van der Waals surface area contributed by atoms with Gasteiger partial charge in [-0.05, 0) is 44.9 Å². The molecule has 2 aromatic rings. The topological polar surface area (TPSA) is 91.4 Å². The van der Waals surface area contributed by atoms with E-state index in [9.17, 15) is 14.7 Å². The highest BCUT2D eigenvalue weighted by Gasteiger charge is 2.25. The summed E-state index contributed by atoms with van der Waals surface area (Å²) in [6.07, 6.45) is 1.22. The predicted molar refractivity (Wildman–Crippen MR) is 87.5 cm³/mol. The molecule has 3 N–H and O–H groups in total. The van der Waals surface area contributed by atoms with Crippen LogP contribution < -0.4 is 5.32 Å². The molecule has 0 fully saturated rings.